The fourth-order valence-corrected chi connectivity index (χ4v) is 5.16. The molecule has 1 aliphatic carbocycles. The Morgan fingerprint density at radius 2 is 1.23 bits per heavy atom. The van der Waals surface area contributed by atoms with Crippen molar-refractivity contribution in [2.24, 2.45) is 5.92 Å². The first-order valence-electron chi connectivity index (χ1n) is 10.9. The molecule has 31 heavy (non-hydrogen) atoms. The molecule has 0 heterocycles. The number of rotatable bonds is 6. The van der Waals surface area contributed by atoms with Gasteiger partial charge in [-0.2, -0.15) is 0 Å². The van der Waals surface area contributed by atoms with Crippen LogP contribution in [0.2, 0.25) is 0 Å². The molecule has 1 aliphatic rings. The Hall–Kier alpha value is -2.85. The molecule has 4 heteroatoms. The van der Waals surface area contributed by atoms with Crippen molar-refractivity contribution in [1.82, 2.24) is 0 Å². The van der Waals surface area contributed by atoms with Crippen molar-refractivity contribution in [2.45, 2.75) is 32.1 Å². The molecule has 0 spiro atoms. The zero-order valence-electron chi connectivity index (χ0n) is 17.9. The molecule has 0 saturated heterocycles. The van der Waals surface area contributed by atoms with Gasteiger partial charge in [0.2, 0.25) is 10.0 Å². The van der Waals surface area contributed by atoms with Crippen LogP contribution in [0, 0.1) is 5.92 Å². The number of nitrogens with one attached hydrogen (secondary N) is 1. The maximum absolute atomic E-state index is 11.6. The monoisotopic (exact) mass is 431 g/mol. The third-order valence-corrected chi connectivity index (χ3v) is 6.51. The van der Waals surface area contributed by atoms with Gasteiger partial charge in [0.25, 0.3) is 0 Å². The fraction of sp³-hybridized carbons (Fsp3) is 0.259. The molecule has 160 valence electrons. The Morgan fingerprint density at radius 3 is 1.77 bits per heavy atom. The first kappa shape index (κ1) is 21.4. The SMILES string of the molecule is CS(=O)(=O)Nc1ccc(/C(=C(\c2ccccc2)C2CCCCC2)c2ccccc2)cc1. The topological polar surface area (TPSA) is 46.2 Å². The predicted octanol–water partition coefficient (Wildman–Crippen LogP) is 6.60. The Balaban J connectivity index is 1.90. The Labute approximate surface area is 185 Å². The second-order valence-electron chi connectivity index (χ2n) is 8.31. The van der Waals surface area contributed by atoms with Crippen molar-refractivity contribution >= 4 is 26.9 Å². The first-order chi connectivity index (χ1) is 15.0. The maximum atomic E-state index is 11.6. The highest BCUT2D eigenvalue weighted by Gasteiger charge is 2.24. The smallest absolute Gasteiger partial charge is 0.229 e. The number of hydrogen-bond acceptors (Lipinski definition) is 2. The fourth-order valence-electron chi connectivity index (χ4n) is 4.59. The van der Waals surface area contributed by atoms with Crippen molar-refractivity contribution in [2.75, 3.05) is 11.0 Å². The molecule has 1 N–H and O–H groups in total. The number of sulfonamides is 1. The van der Waals surface area contributed by atoms with Crippen LogP contribution in [0.5, 0.6) is 0 Å². The number of allylic oxidation sites excluding steroid dienone is 1. The standard InChI is InChI=1S/C27H29NO2S/c1-31(29,30)28-25-19-17-24(18-20-25)27(23-15-9-4-10-16-23)26(21-11-5-2-6-12-21)22-13-7-3-8-14-22/h2,4-6,9-12,15-20,22,28H,3,7-8,13-14H2,1H3/b27-26+. The molecule has 4 rings (SSSR count). The quantitative estimate of drug-likeness (QED) is 0.447. The van der Waals surface area contributed by atoms with Gasteiger partial charge in [0.15, 0.2) is 0 Å². The summed E-state index contributed by atoms with van der Waals surface area (Å²) in [5.41, 5.74) is 6.79. The molecule has 3 aromatic rings. The highest BCUT2D eigenvalue weighted by atomic mass is 32.2. The van der Waals surface area contributed by atoms with Gasteiger partial charge in [-0.05, 0) is 58.7 Å². The highest BCUT2D eigenvalue weighted by Crippen LogP contribution is 2.42. The Morgan fingerprint density at radius 1 is 0.710 bits per heavy atom. The average molecular weight is 432 g/mol. The van der Waals surface area contributed by atoms with Crippen LogP contribution in [-0.4, -0.2) is 14.7 Å². The number of benzene rings is 3. The van der Waals surface area contributed by atoms with E-state index >= 15 is 0 Å². The molecule has 3 aromatic carbocycles. The van der Waals surface area contributed by atoms with Gasteiger partial charge in [-0.25, -0.2) is 8.42 Å². The van der Waals surface area contributed by atoms with Crippen LogP contribution in [0.25, 0.3) is 11.1 Å². The summed E-state index contributed by atoms with van der Waals surface area (Å²) in [5.74, 6) is 0.514. The van der Waals surface area contributed by atoms with Crippen LogP contribution in [0.3, 0.4) is 0 Å². The molecule has 0 atom stereocenters. The molecule has 0 aliphatic heterocycles. The third-order valence-electron chi connectivity index (χ3n) is 5.91. The van der Waals surface area contributed by atoms with Crippen LogP contribution >= 0.6 is 0 Å². The lowest BCUT2D eigenvalue weighted by Crippen LogP contribution is -2.11. The van der Waals surface area contributed by atoms with Crippen molar-refractivity contribution in [3.8, 4) is 0 Å². The lowest BCUT2D eigenvalue weighted by molar-refractivity contribution is 0.430. The van der Waals surface area contributed by atoms with E-state index in [0.717, 1.165) is 5.56 Å². The minimum atomic E-state index is -3.30. The van der Waals surface area contributed by atoms with Gasteiger partial charge in [-0.15, -0.1) is 0 Å². The zero-order valence-corrected chi connectivity index (χ0v) is 18.7. The molecular weight excluding hydrogens is 402 g/mol. The molecule has 0 bridgehead atoms. The molecule has 0 aromatic heterocycles. The van der Waals surface area contributed by atoms with E-state index < -0.39 is 10.0 Å². The van der Waals surface area contributed by atoms with E-state index in [9.17, 15) is 8.42 Å². The minimum absolute atomic E-state index is 0.514. The van der Waals surface area contributed by atoms with Crippen LogP contribution in [0.15, 0.2) is 84.9 Å². The van der Waals surface area contributed by atoms with Gasteiger partial charge in [0, 0.05) is 5.69 Å². The van der Waals surface area contributed by atoms with Crippen molar-refractivity contribution in [3.63, 3.8) is 0 Å². The van der Waals surface area contributed by atoms with Gasteiger partial charge in [0.05, 0.1) is 6.26 Å². The first-order valence-corrected chi connectivity index (χ1v) is 12.8. The van der Waals surface area contributed by atoms with Crippen LogP contribution in [-0.2, 0) is 10.0 Å². The second-order valence-corrected chi connectivity index (χ2v) is 10.1. The van der Waals surface area contributed by atoms with E-state index in [2.05, 4.69) is 59.3 Å². The summed E-state index contributed by atoms with van der Waals surface area (Å²) in [6.45, 7) is 0. The van der Waals surface area contributed by atoms with E-state index in [4.69, 9.17) is 0 Å². The molecule has 1 saturated carbocycles. The summed E-state index contributed by atoms with van der Waals surface area (Å²) in [6, 6.07) is 29.0. The van der Waals surface area contributed by atoms with Crippen LogP contribution in [0.4, 0.5) is 5.69 Å². The Bertz CT molecular complexity index is 1130. The Kier molecular flexibility index (Phi) is 6.57. The summed E-state index contributed by atoms with van der Waals surface area (Å²) in [7, 11) is -3.30. The molecule has 0 amide bonds. The lowest BCUT2D eigenvalue weighted by atomic mass is 9.76. The van der Waals surface area contributed by atoms with Gasteiger partial charge in [-0.1, -0.05) is 92.1 Å². The normalized spacial score (nSPS) is 15.9. The summed E-state index contributed by atoms with van der Waals surface area (Å²) >= 11 is 0. The number of hydrogen-bond donors (Lipinski definition) is 1. The third kappa shape index (κ3) is 5.45. The van der Waals surface area contributed by atoms with Gasteiger partial charge in [0.1, 0.15) is 0 Å². The maximum Gasteiger partial charge on any atom is 0.229 e. The zero-order chi connectivity index (χ0) is 21.7. The van der Waals surface area contributed by atoms with E-state index in [0.29, 0.717) is 11.6 Å². The lowest BCUT2D eigenvalue weighted by Gasteiger charge is -2.28. The van der Waals surface area contributed by atoms with E-state index in [1.165, 1.54) is 60.6 Å². The van der Waals surface area contributed by atoms with Crippen molar-refractivity contribution in [1.29, 1.82) is 0 Å². The van der Waals surface area contributed by atoms with E-state index in [1.807, 2.05) is 30.3 Å². The highest BCUT2D eigenvalue weighted by molar-refractivity contribution is 7.92. The summed E-state index contributed by atoms with van der Waals surface area (Å²) in [6.07, 6.45) is 7.42. The van der Waals surface area contributed by atoms with E-state index in [-0.39, 0.29) is 0 Å². The van der Waals surface area contributed by atoms with Gasteiger partial charge in [-0.3, -0.25) is 4.72 Å². The molecule has 1 fully saturated rings. The summed E-state index contributed by atoms with van der Waals surface area (Å²) in [5, 5.41) is 0. The number of anilines is 1. The van der Waals surface area contributed by atoms with Crippen LogP contribution < -0.4 is 4.72 Å². The molecular formula is C27H29NO2S. The van der Waals surface area contributed by atoms with Crippen molar-refractivity contribution in [3.05, 3.63) is 102 Å². The largest absolute Gasteiger partial charge is 0.284 e. The van der Waals surface area contributed by atoms with E-state index in [1.54, 1.807) is 0 Å². The van der Waals surface area contributed by atoms with Crippen molar-refractivity contribution < 1.29 is 8.42 Å². The molecule has 3 nitrogen and oxygen atoms in total. The van der Waals surface area contributed by atoms with Gasteiger partial charge >= 0.3 is 0 Å². The second kappa shape index (κ2) is 9.52. The van der Waals surface area contributed by atoms with Crippen LogP contribution in [0.1, 0.15) is 48.8 Å². The predicted molar refractivity (Wildman–Crippen MR) is 130 cm³/mol. The minimum Gasteiger partial charge on any atom is -0.284 e. The molecule has 0 radical (unpaired) electrons. The summed E-state index contributed by atoms with van der Waals surface area (Å²) in [4.78, 5) is 0. The molecule has 0 unspecified atom stereocenters. The van der Waals surface area contributed by atoms with Gasteiger partial charge < -0.3 is 0 Å². The summed E-state index contributed by atoms with van der Waals surface area (Å²) < 4.78 is 25.8. The average Bonchev–Trinajstić information content (AvgIpc) is 2.79.